The Hall–Kier alpha value is -1.35. The van der Waals surface area contributed by atoms with E-state index in [4.69, 9.17) is 0 Å². The van der Waals surface area contributed by atoms with Gasteiger partial charge in [-0.2, -0.15) is 0 Å². The highest BCUT2D eigenvalue weighted by Crippen LogP contribution is 2.09. The van der Waals surface area contributed by atoms with Gasteiger partial charge in [-0.05, 0) is 43.4 Å². The van der Waals surface area contributed by atoms with E-state index in [0.29, 0.717) is 12.0 Å². The van der Waals surface area contributed by atoms with E-state index >= 15 is 0 Å². The first-order valence-electron chi connectivity index (χ1n) is 6.73. The molecule has 1 radical (unpaired) electrons. The molecule has 0 atom stereocenters. The molecule has 0 bridgehead atoms. The lowest BCUT2D eigenvalue weighted by Crippen LogP contribution is -2.24. The van der Waals surface area contributed by atoms with Gasteiger partial charge in [0.25, 0.3) is 5.91 Å². The number of amides is 1. The molecule has 0 unspecified atom stereocenters. The summed E-state index contributed by atoms with van der Waals surface area (Å²) in [6.07, 6.45) is 4.56. The summed E-state index contributed by atoms with van der Waals surface area (Å²) in [6.45, 7) is 2.82. The molecule has 3 heteroatoms. The minimum absolute atomic E-state index is 0.00544. The molecule has 0 aliphatic heterocycles. The number of nitrogens with one attached hydrogen (secondary N) is 1. The van der Waals surface area contributed by atoms with E-state index in [1.165, 1.54) is 0 Å². The van der Waals surface area contributed by atoms with Crippen LogP contribution in [0.1, 0.15) is 48.5 Å². The van der Waals surface area contributed by atoms with Crippen molar-refractivity contribution < 1.29 is 9.90 Å². The van der Waals surface area contributed by atoms with Crippen LogP contribution in [0.3, 0.4) is 0 Å². The van der Waals surface area contributed by atoms with Gasteiger partial charge in [0.1, 0.15) is 0 Å². The number of carbonyl (C=O) groups excluding carboxylic acids is 1. The van der Waals surface area contributed by atoms with Crippen LogP contribution in [0.4, 0.5) is 0 Å². The maximum Gasteiger partial charge on any atom is 0.251 e. The first-order chi connectivity index (χ1) is 8.77. The van der Waals surface area contributed by atoms with Gasteiger partial charge in [-0.15, -0.1) is 0 Å². The van der Waals surface area contributed by atoms with Gasteiger partial charge in [0.2, 0.25) is 0 Å². The van der Waals surface area contributed by atoms with Crippen molar-refractivity contribution >= 4 is 5.91 Å². The predicted molar refractivity (Wildman–Crippen MR) is 72.2 cm³/mol. The van der Waals surface area contributed by atoms with Gasteiger partial charge in [-0.25, -0.2) is 5.11 Å². The van der Waals surface area contributed by atoms with Crippen LogP contribution in [-0.4, -0.2) is 19.1 Å². The van der Waals surface area contributed by atoms with Gasteiger partial charge >= 0.3 is 0 Å². The van der Waals surface area contributed by atoms with Crippen molar-refractivity contribution in [3.63, 3.8) is 0 Å². The molecule has 1 aromatic rings. The van der Waals surface area contributed by atoms with Crippen molar-refractivity contribution in [1.82, 2.24) is 5.32 Å². The van der Waals surface area contributed by atoms with E-state index in [0.717, 1.165) is 37.8 Å². The quantitative estimate of drug-likeness (QED) is 0.706. The highest BCUT2D eigenvalue weighted by Gasteiger charge is 2.05. The zero-order chi connectivity index (χ0) is 13.2. The Labute approximate surface area is 109 Å². The molecule has 1 aromatic carbocycles. The third-order valence-electron chi connectivity index (χ3n) is 2.86. The van der Waals surface area contributed by atoms with Crippen molar-refractivity contribution in [3.8, 4) is 0 Å². The lowest BCUT2D eigenvalue weighted by atomic mass is 10.0. The Morgan fingerprint density at radius 3 is 2.78 bits per heavy atom. The Morgan fingerprint density at radius 2 is 2.06 bits per heavy atom. The molecule has 0 saturated carbocycles. The number of benzene rings is 1. The number of hydrogen-bond donors (Lipinski definition) is 1. The van der Waals surface area contributed by atoms with Crippen LogP contribution in [0.5, 0.6) is 0 Å². The predicted octanol–water partition coefficient (Wildman–Crippen LogP) is 2.97. The lowest BCUT2D eigenvalue weighted by Gasteiger charge is -2.06. The van der Waals surface area contributed by atoms with E-state index in [9.17, 15) is 9.90 Å². The van der Waals surface area contributed by atoms with Crippen molar-refractivity contribution in [1.29, 1.82) is 0 Å². The van der Waals surface area contributed by atoms with Crippen LogP contribution in [-0.2, 0) is 11.5 Å². The Bertz CT molecular complexity index is 363. The summed E-state index contributed by atoms with van der Waals surface area (Å²) < 4.78 is 0. The fourth-order valence-electron chi connectivity index (χ4n) is 1.78. The molecule has 99 valence electrons. The second kappa shape index (κ2) is 8.70. The molecule has 0 heterocycles. The van der Waals surface area contributed by atoms with Gasteiger partial charge in [-0.1, -0.05) is 25.5 Å². The van der Waals surface area contributed by atoms with Crippen molar-refractivity contribution in [2.75, 3.05) is 13.2 Å². The number of carbonyl (C=O) groups is 1. The number of unbranched alkanes of at least 4 members (excludes halogenated alkanes) is 2. The molecule has 0 saturated heterocycles. The summed E-state index contributed by atoms with van der Waals surface area (Å²) in [5, 5.41) is 13.3. The van der Waals surface area contributed by atoms with Gasteiger partial charge in [0, 0.05) is 12.1 Å². The first kappa shape index (κ1) is 14.7. The molecule has 1 rings (SSSR count). The third-order valence-corrected chi connectivity index (χ3v) is 2.86. The molecule has 1 N–H and O–H groups in total. The molecule has 0 spiro atoms. The molecular weight excluding hydrogens is 226 g/mol. The van der Waals surface area contributed by atoms with Crippen molar-refractivity contribution in [2.24, 2.45) is 0 Å². The van der Waals surface area contributed by atoms with Crippen LogP contribution >= 0.6 is 0 Å². The Balaban J connectivity index is 2.49. The normalized spacial score (nSPS) is 10.3. The minimum Gasteiger partial charge on any atom is -0.352 e. The molecule has 0 aliphatic carbocycles. The molecule has 0 aliphatic rings. The summed E-state index contributed by atoms with van der Waals surface area (Å²) in [6, 6.07) is 7.67. The van der Waals surface area contributed by atoms with E-state index in [2.05, 4.69) is 12.2 Å². The molecular formula is C15H22NO2. The van der Waals surface area contributed by atoms with Gasteiger partial charge in [-0.3, -0.25) is 4.79 Å². The smallest absolute Gasteiger partial charge is 0.251 e. The van der Waals surface area contributed by atoms with Crippen LogP contribution in [0.15, 0.2) is 24.3 Å². The number of hydrogen-bond acceptors (Lipinski definition) is 1. The fourth-order valence-corrected chi connectivity index (χ4v) is 1.78. The zero-order valence-corrected chi connectivity index (χ0v) is 11.1. The summed E-state index contributed by atoms with van der Waals surface area (Å²) in [5.41, 5.74) is 1.84. The standard InChI is InChI=1S/C15H22NO2/c1-2-3-10-16-15(18)14-9-6-8-13(12-14)7-4-5-11-17/h6,8-9,12H,2-5,7,10-11H2,1H3,(H,16,18). The van der Waals surface area contributed by atoms with Gasteiger partial charge in [0.05, 0.1) is 6.61 Å². The average molecular weight is 248 g/mol. The highest BCUT2D eigenvalue weighted by atomic mass is 16.2. The van der Waals surface area contributed by atoms with E-state index in [1.54, 1.807) is 0 Å². The van der Waals surface area contributed by atoms with Crippen LogP contribution in [0.25, 0.3) is 0 Å². The number of aryl methyl sites for hydroxylation is 1. The zero-order valence-electron chi connectivity index (χ0n) is 11.1. The fraction of sp³-hybridized carbons (Fsp3) is 0.533. The molecule has 18 heavy (non-hydrogen) atoms. The molecule has 0 aromatic heterocycles. The van der Waals surface area contributed by atoms with Crippen LogP contribution in [0.2, 0.25) is 0 Å². The van der Waals surface area contributed by atoms with Crippen LogP contribution in [0, 0.1) is 0 Å². The van der Waals surface area contributed by atoms with Crippen molar-refractivity contribution in [3.05, 3.63) is 35.4 Å². The Morgan fingerprint density at radius 1 is 1.22 bits per heavy atom. The van der Waals surface area contributed by atoms with E-state index in [-0.39, 0.29) is 12.5 Å². The second-order valence-electron chi connectivity index (χ2n) is 4.47. The minimum atomic E-state index is -0.0167. The molecule has 0 fully saturated rings. The number of rotatable bonds is 8. The first-order valence-corrected chi connectivity index (χ1v) is 6.73. The average Bonchev–Trinajstić information content (AvgIpc) is 2.39. The molecule has 1 amide bonds. The summed E-state index contributed by atoms with van der Waals surface area (Å²) in [7, 11) is 0. The topological polar surface area (TPSA) is 49.0 Å². The summed E-state index contributed by atoms with van der Waals surface area (Å²) in [5.74, 6) is -0.00544. The second-order valence-corrected chi connectivity index (χ2v) is 4.47. The lowest BCUT2D eigenvalue weighted by molar-refractivity contribution is 0.0953. The summed E-state index contributed by atoms with van der Waals surface area (Å²) in [4.78, 5) is 11.8. The van der Waals surface area contributed by atoms with Crippen molar-refractivity contribution in [2.45, 2.75) is 39.0 Å². The van der Waals surface area contributed by atoms with E-state index in [1.807, 2.05) is 24.3 Å². The van der Waals surface area contributed by atoms with Gasteiger partial charge < -0.3 is 5.32 Å². The largest absolute Gasteiger partial charge is 0.352 e. The maximum absolute atomic E-state index is 11.8. The van der Waals surface area contributed by atoms with Gasteiger partial charge in [0.15, 0.2) is 0 Å². The van der Waals surface area contributed by atoms with Crippen LogP contribution < -0.4 is 5.32 Å². The monoisotopic (exact) mass is 248 g/mol. The molecule has 3 nitrogen and oxygen atoms in total. The SMILES string of the molecule is CCCCNC(=O)c1cccc(CCCC[O])c1. The maximum atomic E-state index is 11.8. The summed E-state index contributed by atoms with van der Waals surface area (Å²) >= 11 is 0. The Kier molecular flexibility index (Phi) is 7.11. The third kappa shape index (κ3) is 5.32. The highest BCUT2D eigenvalue weighted by molar-refractivity contribution is 5.94. The van der Waals surface area contributed by atoms with E-state index < -0.39 is 0 Å².